The Bertz CT molecular complexity index is 1310. The highest BCUT2D eigenvalue weighted by Crippen LogP contribution is 2.26. The highest BCUT2D eigenvalue weighted by Gasteiger charge is 2.36. The summed E-state index contributed by atoms with van der Waals surface area (Å²) in [5, 5.41) is 3.35. The number of rotatable bonds is 6. The number of nitrogens with one attached hydrogen (secondary N) is 1. The van der Waals surface area contributed by atoms with Crippen molar-refractivity contribution in [3.8, 4) is 0 Å². The molecule has 2 aromatic carbocycles. The molecule has 1 saturated heterocycles. The van der Waals surface area contributed by atoms with E-state index < -0.39 is 23.8 Å². The molecule has 9 heteroatoms. The Kier molecular flexibility index (Phi) is 6.28. The Morgan fingerprint density at radius 2 is 1.82 bits per heavy atom. The Morgan fingerprint density at radius 1 is 1.09 bits per heavy atom. The van der Waals surface area contributed by atoms with Crippen molar-refractivity contribution >= 4 is 52.4 Å². The number of esters is 1. The molecule has 1 aliphatic rings. The SMILES string of the molecule is CCOC(=O)Cn1cc(C=C2C(=O)NC(=O)N(Cc3ccccc3Cl)C2=O)c2ccccc21. The summed E-state index contributed by atoms with van der Waals surface area (Å²) >= 11 is 6.17. The van der Waals surface area contributed by atoms with Gasteiger partial charge in [0, 0.05) is 27.7 Å². The Morgan fingerprint density at radius 3 is 2.58 bits per heavy atom. The van der Waals surface area contributed by atoms with Crippen LogP contribution in [0.15, 0.2) is 60.3 Å². The van der Waals surface area contributed by atoms with Crippen molar-refractivity contribution in [2.45, 2.75) is 20.0 Å². The van der Waals surface area contributed by atoms with Gasteiger partial charge >= 0.3 is 12.0 Å². The van der Waals surface area contributed by atoms with Crippen molar-refractivity contribution in [2.75, 3.05) is 6.61 Å². The van der Waals surface area contributed by atoms with Crippen LogP contribution in [-0.4, -0.2) is 39.9 Å². The zero-order chi connectivity index (χ0) is 23.5. The molecule has 3 aromatic rings. The molecule has 2 heterocycles. The number of benzene rings is 2. The molecule has 4 rings (SSSR count). The molecular formula is C24H20ClN3O5. The molecule has 1 N–H and O–H groups in total. The van der Waals surface area contributed by atoms with Gasteiger partial charge in [-0.15, -0.1) is 0 Å². The average molecular weight is 466 g/mol. The first-order valence-corrected chi connectivity index (χ1v) is 10.6. The highest BCUT2D eigenvalue weighted by molar-refractivity contribution is 6.32. The fourth-order valence-electron chi connectivity index (χ4n) is 3.66. The minimum Gasteiger partial charge on any atom is -0.465 e. The second-order valence-electron chi connectivity index (χ2n) is 7.33. The predicted octanol–water partition coefficient (Wildman–Crippen LogP) is 3.52. The van der Waals surface area contributed by atoms with Gasteiger partial charge < -0.3 is 9.30 Å². The molecule has 0 spiro atoms. The Balaban J connectivity index is 1.71. The molecule has 0 atom stereocenters. The maximum Gasteiger partial charge on any atom is 0.331 e. The fourth-order valence-corrected chi connectivity index (χ4v) is 3.85. The van der Waals surface area contributed by atoms with E-state index in [0.717, 1.165) is 15.8 Å². The first-order valence-electron chi connectivity index (χ1n) is 10.2. The molecule has 0 bridgehead atoms. The van der Waals surface area contributed by atoms with Crippen LogP contribution in [0.2, 0.25) is 5.02 Å². The van der Waals surface area contributed by atoms with Crippen LogP contribution in [0, 0.1) is 0 Å². The molecule has 0 aliphatic carbocycles. The minimum absolute atomic E-state index is 0.0191. The van der Waals surface area contributed by atoms with E-state index in [0.29, 0.717) is 16.1 Å². The van der Waals surface area contributed by atoms with Crippen LogP contribution >= 0.6 is 11.6 Å². The lowest BCUT2D eigenvalue weighted by atomic mass is 10.1. The van der Waals surface area contributed by atoms with Gasteiger partial charge in [-0.05, 0) is 30.7 Å². The van der Waals surface area contributed by atoms with E-state index >= 15 is 0 Å². The van der Waals surface area contributed by atoms with Gasteiger partial charge in [-0.3, -0.25) is 24.6 Å². The van der Waals surface area contributed by atoms with E-state index in [9.17, 15) is 19.2 Å². The second kappa shape index (κ2) is 9.30. The quantitative estimate of drug-likeness (QED) is 0.341. The number of hydrogen-bond acceptors (Lipinski definition) is 5. The summed E-state index contributed by atoms with van der Waals surface area (Å²) in [5.74, 6) is -1.92. The third-order valence-corrected chi connectivity index (χ3v) is 5.56. The van der Waals surface area contributed by atoms with Crippen LogP contribution in [0.3, 0.4) is 0 Å². The maximum absolute atomic E-state index is 13.1. The molecule has 0 saturated carbocycles. The number of fused-ring (bicyclic) bond motifs is 1. The van der Waals surface area contributed by atoms with Gasteiger partial charge in [0.05, 0.1) is 13.2 Å². The van der Waals surface area contributed by atoms with Crippen LogP contribution in [-0.2, 0) is 32.2 Å². The van der Waals surface area contributed by atoms with E-state index in [1.165, 1.54) is 6.08 Å². The summed E-state index contributed by atoms with van der Waals surface area (Å²) in [6, 6.07) is 13.3. The molecule has 8 nitrogen and oxygen atoms in total. The van der Waals surface area contributed by atoms with E-state index in [-0.39, 0.29) is 25.3 Å². The molecule has 0 radical (unpaired) electrons. The molecule has 1 fully saturated rings. The van der Waals surface area contributed by atoms with Crippen LogP contribution in [0.4, 0.5) is 4.79 Å². The predicted molar refractivity (Wildman–Crippen MR) is 122 cm³/mol. The summed E-state index contributed by atoms with van der Waals surface area (Å²) in [7, 11) is 0. The standard InChI is InChI=1S/C24H20ClN3O5/c1-2-33-21(29)14-27-12-16(17-8-4-6-10-20(17)27)11-18-22(30)26-24(32)28(23(18)31)13-15-7-3-5-9-19(15)25/h3-12H,2,13-14H2,1H3,(H,26,30,32). The molecule has 4 amide bonds. The maximum atomic E-state index is 13.1. The number of barbiturate groups is 1. The number of para-hydroxylation sites is 1. The largest absolute Gasteiger partial charge is 0.465 e. The fraction of sp³-hybridized carbons (Fsp3) is 0.167. The Hall–Kier alpha value is -3.91. The number of urea groups is 1. The third-order valence-electron chi connectivity index (χ3n) is 5.20. The minimum atomic E-state index is -0.813. The van der Waals surface area contributed by atoms with Gasteiger partial charge in [0.25, 0.3) is 11.8 Å². The zero-order valence-electron chi connectivity index (χ0n) is 17.7. The van der Waals surface area contributed by atoms with Gasteiger partial charge in [0.2, 0.25) is 0 Å². The van der Waals surface area contributed by atoms with Gasteiger partial charge in [-0.1, -0.05) is 48.0 Å². The van der Waals surface area contributed by atoms with E-state index in [4.69, 9.17) is 16.3 Å². The van der Waals surface area contributed by atoms with Gasteiger partial charge in [-0.2, -0.15) is 0 Å². The van der Waals surface area contributed by atoms with E-state index in [2.05, 4.69) is 5.32 Å². The number of nitrogens with zero attached hydrogens (tertiary/aromatic N) is 2. The van der Waals surface area contributed by atoms with Gasteiger partial charge in [0.15, 0.2) is 0 Å². The number of carbonyl (C=O) groups excluding carboxylic acids is 4. The second-order valence-corrected chi connectivity index (χ2v) is 7.74. The van der Waals surface area contributed by atoms with E-state index in [1.54, 1.807) is 42.0 Å². The smallest absolute Gasteiger partial charge is 0.331 e. The van der Waals surface area contributed by atoms with Gasteiger partial charge in [0.1, 0.15) is 12.1 Å². The van der Waals surface area contributed by atoms with Crippen molar-refractivity contribution in [1.29, 1.82) is 0 Å². The third kappa shape index (κ3) is 4.51. The lowest BCUT2D eigenvalue weighted by Gasteiger charge is -2.26. The summed E-state index contributed by atoms with van der Waals surface area (Å²) < 4.78 is 6.72. The molecule has 1 aliphatic heterocycles. The number of hydrogen-bond donors (Lipinski definition) is 1. The highest BCUT2D eigenvalue weighted by atomic mass is 35.5. The lowest BCUT2D eigenvalue weighted by molar-refractivity contribution is -0.143. The van der Waals surface area contributed by atoms with Crippen LogP contribution in [0.5, 0.6) is 0 Å². The van der Waals surface area contributed by atoms with Crippen molar-refractivity contribution in [1.82, 2.24) is 14.8 Å². The average Bonchev–Trinajstić information content (AvgIpc) is 3.12. The number of aromatic nitrogens is 1. The summed E-state index contributed by atoms with van der Waals surface area (Å²) in [6.07, 6.45) is 3.09. The van der Waals surface area contributed by atoms with Crippen molar-refractivity contribution in [3.63, 3.8) is 0 Å². The molecule has 168 valence electrons. The molecule has 1 aromatic heterocycles. The van der Waals surface area contributed by atoms with Crippen LogP contribution in [0.25, 0.3) is 17.0 Å². The first-order chi connectivity index (χ1) is 15.9. The Labute approximate surface area is 194 Å². The number of halogens is 1. The molecule has 0 unspecified atom stereocenters. The molecule has 33 heavy (non-hydrogen) atoms. The first kappa shape index (κ1) is 22.3. The topological polar surface area (TPSA) is 97.7 Å². The van der Waals surface area contributed by atoms with Gasteiger partial charge in [-0.25, -0.2) is 4.79 Å². The number of amides is 4. The normalized spacial score (nSPS) is 15.3. The number of carbonyl (C=O) groups is 4. The number of ether oxygens (including phenoxy) is 1. The summed E-state index contributed by atoms with van der Waals surface area (Å²) in [4.78, 5) is 51.0. The van der Waals surface area contributed by atoms with E-state index in [1.807, 2.05) is 24.3 Å². The van der Waals surface area contributed by atoms with Crippen LogP contribution in [0.1, 0.15) is 18.1 Å². The van der Waals surface area contributed by atoms with Crippen molar-refractivity contribution < 1.29 is 23.9 Å². The lowest BCUT2D eigenvalue weighted by Crippen LogP contribution is -2.53. The van der Waals surface area contributed by atoms with Crippen molar-refractivity contribution in [3.05, 3.63) is 76.5 Å². The molecular weight excluding hydrogens is 446 g/mol. The summed E-state index contributed by atoms with van der Waals surface area (Å²) in [6.45, 7) is 1.89. The zero-order valence-corrected chi connectivity index (χ0v) is 18.5. The van der Waals surface area contributed by atoms with Crippen LogP contribution < -0.4 is 5.32 Å². The summed E-state index contributed by atoms with van der Waals surface area (Å²) in [5.41, 5.74) is 1.67. The monoisotopic (exact) mass is 465 g/mol. The number of imide groups is 2. The van der Waals surface area contributed by atoms with Crippen molar-refractivity contribution in [2.24, 2.45) is 0 Å².